The molecule has 3 N–H and O–H groups in total. The van der Waals surface area contributed by atoms with E-state index in [-0.39, 0.29) is 6.04 Å². The maximum atomic E-state index is 7.38. The molecule has 1 unspecified atom stereocenters. The molecule has 53 valence electrons. The number of para-hydroxylation sites is 1. The molecule has 0 saturated carbocycles. The number of hydrogen-bond acceptors (Lipinski definition) is 1. The highest BCUT2D eigenvalue weighted by Crippen LogP contribution is 2.17. The Labute approximate surface area is 60.8 Å². The molecule has 10 heavy (non-hydrogen) atoms. The van der Waals surface area contributed by atoms with Gasteiger partial charge in [0.1, 0.15) is 0 Å². The molecule has 0 fully saturated rings. The fourth-order valence-electron chi connectivity index (χ4n) is 0.905. The highest BCUT2D eigenvalue weighted by molar-refractivity contribution is 5.47. The first-order chi connectivity index (χ1) is 4.72. The molecule has 0 heterocycles. The Balaban J connectivity index is 3.03. The van der Waals surface area contributed by atoms with Gasteiger partial charge < -0.3 is 5.73 Å². The molecule has 0 saturated heterocycles. The second-order valence-electron chi connectivity index (χ2n) is 2.35. The third-order valence-electron chi connectivity index (χ3n) is 1.46. The first kappa shape index (κ1) is 7.09. The Morgan fingerprint density at radius 2 is 2.00 bits per heavy atom. The van der Waals surface area contributed by atoms with Gasteiger partial charge in [-0.2, -0.15) is 0 Å². The molecule has 0 bridgehead atoms. The van der Waals surface area contributed by atoms with Crippen LogP contribution in [0.2, 0.25) is 0 Å². The van der Waals surface area contributed by atoms with E-state index >= 15 is 0 Å². The largest absolute Gasteiger partial charge is 0.398 e. The quantitative estimate of drug-likeness (QED) is 0.584. The van der Waals surface area contributed by atoms with E-state index in [0.29, 0.717) is 5.69 Å². The lowest BCUT2D eigenvalue weighted by Gasteiger charge is -2.06. The summed E-state index contributed by atoms with van der Waals surface area (Å²) in [6.45, 7) is 1.81. The number of nitrogen functional groups attached to an aromatic ring is 1. The summed E-state index contributed by atoms with van der Waals surface area (Å²) in [5.41, 5.74) is 14.6. The summed E-state index contributed by atoms with van der Waals surface area (Å²) in [4.78, 5) is 0. The van der Waals surface area contributed by atoms with Crippen LogP contribution in [0.5, 0.6) is 0 Å². The number of rotatable bonds is 1. The van der Waals surface area contributed by atoms with Gasteiger partial charge in [-0.15, -0.1) is 0 Å². The zero-order chi connectivity index (χ0) is 7.56. The lowest BCUT2D eigenvalue weighted by molar-refractivity contribution is 0.791. The molecule has 1 aromatic carbocycles. The highest BCUT2D eigenvalue weighted by atomic mass is 14.6. The lowest BCUT2D eigenvalue weighted by Crippen LogP contribution is -1.98. The van der Waals surface area contributed by atoms with Crippen molar-refractivity contribution < 1.29 is 0 Å². The van der Waals surface area contributed by atoms with Crippen LogP contribution in [-0.2, 0) is 0 Å². The number of hydrogen-bond donors (Lipinski definition) is 1. The first-order valence-corrected chi connectivity index (χ1v) is 3.27. The van der Waals surface area contributed by atoms with Crippen LogP contribution in [0, 0.1) is 0 Å². The SMILES string of the molecule is CC([NH])c1ccccc1N. The van der Waals surface area contributed by atoms with Gasteiger partial charge in [0.05, 0.1) is 0 Å². The second-order valence-corrected chi connectivity index (χ2v) is 2.35. The molecule has 0 aliphatic carbocycles. The Bertz CT molecular complexity index is 218. The van der Waals surface area contributed by atoms with E-state index in [0.717, 1.165) is 5.56 Å². The van der Waals surface area contributed by atoms with E-state index in [1.807, 2.05) is 31.2 Å². The first-order valence-electron chi connectivity index (χ1n) is 3.27. The van der Waals surface area contributed by atoms with Crippen LogP contribution < -0.4 is 11.5 Å². The zero-order valence-corrected chi connectivity index (χ0v) is 5.96. The van der Waals surface area contributed by atoms with Gasteiger partial charge >= 0.3 is 0 Å². The molecule has 0 amide bonds. The van der Waals surface area contributed by atoms with Crippen LogP contribution in [0.4, 0.5) is 5.69 Å². The van der Waals surface area contributed by atoms with Gasteiger partial charge in [0, 0.05) is 11.7 Å². The fraction of sp³-hybridized carbons (Fsp3) is 0.250. The molecule has 0 aromatic heterocycles. The summed E-state index contributed by atoms with van der Waals surface area (Å²) in [5, 5.41) is 0. The molecular weight excluding hydrogens is 124 g/mol. The van der Waals surface area contributed by atoms with Gasteiger partial charge in [-0.05, 0) is 18.6 Å². The molecule has 2 heteroatoms. The average Bonchev–Trinajstić information content (AvgIpc) is 1.88. The molecule has 0 spiro atoms. The van der Waals surface area contributed by atoms with E-state index in [1.165, 1.54) is 0 Å². The van der Waals surface area contributed by atoms with Gasteiger partial charge in [-0.25, -0.2) is 5.73 Å². The molecule has 1 atom stereocenters. The summed E-state index contributed by atoms with van der Waals surface area (Å²) in [6, 6.07) is 7.26. The summed E-state index contributed by atoms with van der Waals surface area (Å²) < 4.78 is 0. The number of nitrogens with one attached hydrogen (secondary N) is 1. The Morgan fingerprint density at radius 1 is 1.40 bits per heavy atom. The monoisotopic (exact) mass is 135 g/mol. The number of benzene rings is 1. The van der Waals surface area contributed by atoms with Crippen LogP contribution in [0.3, 0.4) is 0 Å². The van der Waals surface area contributed by atoms with Gasteiger partial charge in [0.2, 0.25) is 0 Å². The van der Waals surface area contributed by atoms with Crippen molar-refractivity contribution in [3.63, 3.8) is 0 Å². The topological polar surface area (TPSA) is 49.8 Å². The Kier molecular flexibility index (Phi) is 1.92. The average molecular weight is 135 g/mol. The lowest BCUT2D eigenvalue weighted by atomic mass is 10.1. The summed E-state index contributed by atoms with van der Waals surface area (Å²) in [5.74, 6) is 0. The van der Waals surface area contributed by atoms with Gasteiger partial charge in [0.15, 0.2) is 0 Å². The molecule has 1 rings (SSSR count). The molecule has 1 aromatic rings. The molecule has 2 nitrogen and oxygen atoms in total. The van der Waals surface area contributed by atoms with Crippen LogP contribution >= 0.6 is 0 Å². The predicted octanol–water partition coefficient (Wildman–Crippen LogP) is 1.61. The molecule has 0 aliphatic heterocycles. The van der Waals surface area contributed by atoms with E-state index in [4.69, 9.17) is 11.5 Å². The maximum absolute atomic E-state index is 7.38. The Morgan fingerprint density at radius 3 is 2.40 bits per heavy atom. The molecule has 1 radical (unpaired) electrons. The van der Waals surface area contributed by atoms with Gasteiger partial charge in [-0.1, -0.05) is 18.2 Å². The van der Waals surface area contributed by atoms with Gasteiger partial charge in [-0.3, -0.25) is 0 Å². The molecule has 0 aliphatic rings. The minimum absolute atomic E-state index is 0.221. The molecular formula is C8H11N2. The smallest absolute Gasteiger partial charge is 0.0454 e. The summed E-state index contributed by atoms with van der Waals surface area (Å²) in [6.07, 6.45) is 0. The van der Waals surface area contributed by atoms with Crippen molar-refractivity contribution in [2.24, 2.45) is 0 Å². The van der Waals surface area contributed by atoms with Crippen molar-refractivity contribution in [3.05, 3.63) is 29.8 Å². The van der Waals surface area contributed by atoms with E-state index < -0.39 is 0 Å². The second kappa shape index (κ2) is 2.71. The van der Waals surface area contributed by atoms with Crippen LogP contribution in [0.25, 0.3) is 0 Å². The third kappa shape index (κ3) is 1.28. The van der Waals surface area contributed by atoms with Crippen molar-refractivity contribution >= 4 is 5.69 Å². The van der Waals surface area contributed by atoms with E-state index in [1.54, 1.807) is 0 Å². The normalized spacial score (nSPS) is 13.0. The zero-order valence-electron chi connectivity index (χ0n) is 5.96. The number of anilines is 1. The number of nitrogens with two attached hydrogens (primary N) is 1. The Hall–Kier alpha value is -1.02. The van der Waals surface area contributed by atoms with Crippen LogP contribution in [0.1, 0.15) is 18.5 Å². The van der Waals surface area contributed by atoms with Crippen molar-refractivity contribution in [1.29, 1.82) is 0 Å². The van der Waals surface area contributed by atoms with Crippen molar-refractivity contribution in [2.45, 2.75) is 13.0 Å². The minimum Gasteiger partial charge on any atom is -0.398 e. The van der Waals surface area contributed by atoms with E-state index in [9.17, 15) is 0 Å². The predicted molar refractivity (Wildman–Crippen MR) is 42.4 cm³/mol. The van der Waals surface area contributed by atoms with E-state index in [2.05, 4.69) is 0 Å². The van der Waals surface area contributed by atoms with Gasteiger partial charge in [0.25, 0.3) is 0 Å². The van der Waals surface area contributed by atoms with Crippen molar-refractivity contribution in [3.8, 4) is 0 Å². The van der Waals surface area contributed by atoms with Crippen LogP contribution in [-0.4, -0.2) is 0 Å². The van der Waals surface area contributed by atoms with Crippen molar-refractivity contribution in [2.75, 3.05) is 5.73 Å². The highest BCUT2D eigenvalue weighted by Gasteiger charge is 2.01. The minimum atomic E-state index is -0.221. The van der Waals surface area contributed by atoms with Crippen LogP contribution in [0.15, 0.2) is 24.3 Å². The summed E-state index contributed by atoms with van der Waals surface area (Å²) in [7, 11) is 0. The standard InChI is InChI=1S/C8H11N2/c1-6(9)7-4-2-3-5-8(7)10/h2-6,9H,10H2,1H3. The third-order valence-corrected chi connectivity index (χ3v) is 1.46. The maximum Gasteiger partial charge on any atom is 0.0454 e. The fourth-order valence-corrected chi connectivity index (χ4v) is 0.905. The van der Waals surface area contributed by atoms with Crippen molar-refractivity contribution in [1.82, 2.24) is 5.73 Å². The summed E-state index contributed by atoms with van der Waals surface area (Å²) >= 11 is 0.